The summed E-state index contributed by atoms with van der Waals surface area (Å²) in [6.45, 7) is 2.31. The summed E-state index contributed by atoms with van der Waals surface area (Å²) in [5.41, 5.74) is 3.68. The summed E-state index contributed by atoms with van der Waals surface area (Å²) in [6.07, 6.45) is 8.48. The van der Waals surface area contributed by atoms with Crippen LogP contribution in [0, 0.1) is 4.91 Å². The molecule has 0 aliphatic rings. The van der Waals surface area contributed by atoms with Crippen LogP contribution >= 0.6 is 0 Å². The van der Waals surface area contributed by atoms with Crippen molar-refractivity contribution in [3.8, 4) is 0 Å². The standard InChI is InChI=1S/C33H53N7O11/c41-28(35-19-10-7-14-26(31(46)47)37-33(50)38-27(32(48)49)16-17-29(42)43)15-5-1-3-12-22-40(51)36-20-8-2-4-11-21-39(24-30(44)45)23-25-13-6-9-18-34-25/h6,9,13,18,26-27H,1-5,7-8,10-12,14-17,19-24H2,(H7-,35,36,37,38,41,42,43,44,45,46,47,48,49,50,51)/p+1. The molecule has 286 valence electrons. The number of nitrogens with zero attached hydrogens (tertiary/aromatic N) is 3. The highest BCUT2D eigenvalue weighted by molar-refractivity contribution is 5.86. The summed E-state index contributed by atoms with van der Waals surface area (Å²) in [7, 11) is 0. The first-order valence-corrected chi connectivity index (χ1v) is 17.4. The Bertz CT molecular complexity index is 1240. The molecule has 2 unspecified atom stereocenters. The van der Waals surface area contributed by atoms with E-state index in [1.807, 2.05) is 23.1 Å². The minimum absolute atomic E-state index is 0.0397. The lowest BCUT2D eigenvalue weighted by atomic mass is 10.1. The summed E-state index contributed by atoms with van der Waals surface area (Å²) >= 11 is 0. The van der Waals surface area contributed by atoms with Gasteiger partial charge in [-0.05, 0) is 70.0 Å². The van der Waals surface area contributed by atoms with Crippen LogP contribution in [0.25, 0.3) is 0 Å². The second-order valence-electron chi connectivity index (χ2n) is 12.2. The van der Waals surface area contributed by atoms with Gasteiger partial charge in [0.25, 0.3) is 0 Å². The van der Waals surface area contributed by atoms with E-state index in [4.69, 9.17) is 10.2 Å². The zero-order chi connectivity index (χ0) is 37.9. The van der Waals surface area contributed by atoms with E-state index in [1.165, 1.54) is 0 Å². The highest BCUT2D eigenvalue weighted by Gasteiger charge is 2.24. The number of hydrazine groups is 1. The predicted molar refractivity (Wildman–Crippen MR) is 183 cm³/mol. The van der Waals surface area contributed by atoms with Crippen LogP contribution in [0.2, 0.25) is 0 Å². The molecule has 0 spiro atoms. The molecule has 1 heterocycles. The van der Waals surface area contributed by atoms with Crippen LogP contribution in [-0.2, 0) is 30.5 Å². The lowest BCUT2D eigenvalue weighted by molar-refractivity contribution is -0.607. The Morgan fingerprint density at radius 3 is 2.02 bits per heavy atom. The number of rotatable bonds is 31. The third-order valence-corrected chi connectivity index (χ3v) is 7.77. The second-order valence-corrected chi connectivity index (χ2v) is 12.2. The van der Waals surface area contributed by atoms with Crippen LogP contribution in [0.1, 0.15) is 95.6 Å². The number of urea groups is 1. The van der Waals surface area contributed by atoms with E-state index in [0.29, 0.717) is 64.8 Å². The second kappa shape index (κ2) is 26.9. The quantitative estimate of drug-likeness (QED) is 0.0310. The maximum atomic E-state index is 12.1. The number of pyridine rings is 1. The van der Waals surface area contributed by atoms with Crippen LogP contribution < -0.4 is 21.4 Å². The van der Waals surface area contributed by atoms with Gasteiger partial charge in [-0.15, -0.1) is 0 Å². The van der Waals surface area contributed by atoms with Crippen LogP contribution in [0.3, 0.4) is 0 Å². The maximum Gasteiger partial charge on any atom is 0.326 e. The van der Waals surface area contributed by atoms with E-state index < -0.39 is 48.4 Å². The highest BCUT2D eigenvalue weighted by Crippen LogP contribution is 2.07. The number of carboxylic acid groups (broad SMARTS) is 4. The van der Waals surface area contributed by atoms with Gasteiger partial charge in [-0.3, -0.25) is 24.3 Å². The number of aliphatic carboxylic acids is 4. The van der Waals surface area contributed by atoms with Crippen LogP contribution in [0.15, 0.2) is 24.4 Å². The van der Waals surface area contributed by atoms with Gasteiger partial charge < -0.3 is 36.4 Å². The lowest BCUT2D eigenvalue weighted by Crippen LogP contribution is -2.51. The smallest absolute Gasteiger partial charge is 0.326 e. The molecule has 0 saturated heterocycles. The van der Waals surface area contributed by atoms with E-state index in [2.05, 4.69) is 26.4 Å². The Morgan fingerprint density at radius 1 is 0.725 bits per heavy atom. The molecule has 0 saturated carbocycles. The zero-order valence-electron chi connectivity index (χ0n) is 29.1. The number of hydrogen-bond donors (Lipinski definition) is 8. The molecule has 18 heteroatoms. The third kappa shape index (κ3) is 24.0. The van der Waals surface area contributed by atoms with Crippen molar-refractivity contribution in [1.82, 2.24) is 31.3 Å². The summed E-state index contributed by atoms with van der Waals surface area (Å²) in [4.78, 5) is 87.7. The largest absolute Gasteiger partial charge is 0.481 e. The average Bonchev–Trinajstić information content (AvgIpc) is 3.06. The van der Waals surface area contributed by atoms with E-state index in [1.54, 1.807) is 6.20 Å². The van der Waals surface area contributed by atoms with Crippen molar-refractivity contribution in [1.29, 1.82) is 0 Å². The molecule has 3 amide bonds. The topological polar surface area (TPSA) is 268 Å². The van der Waals surface area contributed by atoms with Crippen molar-refractivity contribution < 1.29 is 54.1 Å². The normalized spacial score (nSPS) is 12.0. The molecule has 18 nitrogen and oxygen atoms in total. The molecule has 0 fully saturated rings. The Hall–Kier alpha value is -4.87. The number of carbonyl (C=O) groups excluding carboxylic acids is 2. The SMILES string of the molecule is O=C(O)CCC(NC(=O)NC(CCCCNC(=O)CCCCCC[N+](=O)NCCCCCCN(CC(=O)O)Cc1ccccn1)C(=O)O)C(=O)O. The van der Waals surface area contributed by atoms with Gasteiger partial charge in [0, 0.05) is 38.5 Å². The monoisotopic (exact) mass is 724 g/mol. The number of amides is 3. The zero-order valence-corrected chi connectivity index (χ0v) is 29.1. The first kappa shape index (κ1) is 44.2. The molecule has 0 aromatic carbocycles. The van der Waals surface area contributed by atoms with Gasteiger partial charge in [-0.1, -0.05) is 25.3 Å². The summed E-state index contributed by atoms with van der Waals surface area (Å²) in [5, 5.41) is 43.4. The Balaban J connectivity index is 2.07. The van der Waals surface area contributed by atoms with Crippen LogP contribution in [0.4, 0.5) is 4.79 Å². The Kier molecular flexibility index (Phi) is 23.3. The minimum Gasteiger partial charge on any atom is -0.481 e. The van der Waals surface area contributed by atoms with Crippen molar-refractivity contribution in [3.05, 3.63) is 35.0 Å². The Labute approximate surface area is 297 Å². The van der Waals surface area contributed by atoms with Crippen molar-refractivity contribution in [2.45, 2.75) is 109 Å². The molecule has 51 heavy (non-hydrogen) atoms. The number of unbranched alkanes of at least 4 members (excludes halogenated alkanes) is 7. The lowest BCUT2D eigenvalue weighted by Gasteiger charge is -2.19. The van der Waals surface area contributed by atoms with Crippen LogP contribution in [-0.4, -0.2) is 116 Å². The molecular weight excluding hydrogens is 670 g/mol. The van der Waals surface area contributed by atoms with Gasteiger partial charge in [0.15, 0.2) is 0 Å². The van der Waals surface area contributed by atoms with Gasteiger partial charge in [0.05, 0.1) is 23.7 Å². The molecule has 0 radical (unpaired) electrons. The number of aromatic nitrogens is 1. The predicted octanol–water partition coefficient (Wildman–Crippen LogP) is 2.12. The average molecular weight is 725 g/mol. The molecule has 1 rings (SSSR count). The van der Waals surface area contributed by atoms with Crippen molar-refractivity contribution in [3.63, 3.8) is 0 Å². The highest BCUT2D eigenvalue weighted by atomic mass is 16.4. The first-order valence-electron chi connectivity index (χ1n) is 17.4. The van der Waals surface area contributed by atoms with Gasteiger partial charge in [-0.25, -0.2) is 14.4 Å². The van der Waals surface area contributed by atoms with E-state index in [-0.39, 0.29) is 25.3 Å². The number of hydrogen-bond acceptors (Lipinski definition) is 9. The number of nitrogens with one attached hydrogen (secondary N) is 4. The Morgan fingerprint density at radius 2 is 1.37 bits per heavy atom. The summed E-state index contributed by atoms with van der Waals surface area (Å²) < 4.78 is 0. The molecule has 0 bridgehead atoms. The molecule has 2 atom stereocenters. The summed E-state index contributed by atoms with van der Waals surface area (Å²) in [5.74, 6) is -5.00. The van der Waals surface area contributed by atoms with Crippen molar-refractivity contribution >= 4 is 35.8 Å². The molecule has 8 N–H and O–H groups in total. The maximum absolute atomic E-state index is 12.1. The molecule has 0 aliphatic carbocycles. The summed E-state index contributed by atoms with van der Waals surface area (Å²) in [6, 6.07) is 1.76. The number of nitroso groups, excluding NO2 is 1. The van der Waals surface area contributed by atoms with Gasteiger partial charge in [0.2, 0.25) is 12.5 Å². The fraction of sp³-hybridized carbons (Fsp3) is 0.667. The third-order valence-electron chi connectivity index (χ3n) is 7.77. The molecule has 1 aromatic heterocycles. The number of carbonyl (C=O) groups is 6. The van der Waals surface area contributed by atoms with Crippen molar-refractivity contribution in [2.24, 2.45) is 0 Å². The fourth-order valence-corrected chi connectivity index (χ4v) is 5.05. The fourth-order valence-electron chi connectivity index (χ4n) is 5.05. The molecule has 0 aliphatic heterocycles. The van der Waals surface area contributed by atoms with E-state index in [0.717, 1.165) is 49.1 Å². The van der Waals surface area contributed by atoms with Gasteiger partial charge >= 0.3 is 29.9 Å². The minimum atomic E-state index is -1.48. The molecular formula is C33H54N7O11+. The van der Waals surface area contributed by atoms with Crippen LogP contribution in [0.5, 0.6) is 0 Å². The van der Waals surface area contributed by atoms with E-state index >= 15 is 0 Å². The molecule has 1 aromatic rings. The van der Waals surface area contributed by atoms with Gasteiger partial charge in [-0.2, -0.15) is 5.43 Å². The van der Waals surface area contributed by atoms with Crippen molar-refractivity contribution in [2.75, 3.05) is 32.7 Å². The van der Waals surface area contributed by atoms with E-state index in [9.17, 15) is 43.9 Å². The number of carboxylic acids is 4. The van der Waals surface area contributed by atoms with Gasteiger partial charge in [0.1, 0.15) is 17.0 Å². The first-order chi connectivity index (χ1) is 24.4.